The molecule has 9 heteroatoms. The molecular weight excluding hydrogens is 1780 g/mol. The van der Waals surface area contributed by atoms with Crippen molar-refractivity contribution < 1.29 is 0 Å². The zero-order valence-electron chi connectivity index (χ0n) is 74.1. The largest absolute Gasteiger partial charge is 0.192 e. The first-order chi connectivity index (χ1) is 68.2. The maximum atomic E-state index is 10.6. The molecule has 27 rings (SSSR count). The summed E-state index contributed by atoms with van der Waals surface area (Å²) in [7, 11) is 0. The molecule has 0 unspecified atom stereocenters. The van der Waals surface area contributed by atoms with Gasteiger partial charge in [0.25, 0.3) is 0 Å². The van der Waals surface area contributed by atoms with Gasteiger partial charge < -0.3 is 0 Å². The van der Waals surface area contributed by atoms with Crippen molar-refractivity contribution in [1.29, 1.82) is 15.8 Å². The summed E-state index contributed by atoms with van der Waals surface area (Å²) in [5.41, 5.74) is 28.8. The topological polar surface area (TPSA) is 71.4 Å². The Hall–Kier alpha value is -16.6. The fraction of sp³-hybridized carbons (Fsp3) is 0. The van der Waals surface area contributed by atoms with E-state index in [9.17, 15) is 15.8 Å². The minimum absolute atomic E-state index is 0.654. The van der Waals surface area contributed by atoms with Crippen LogP contribution in [0.25, 0.3) is 255 Å². The molecule has 642 valence electrons. The maximum absolute atomic E-state index is 10.6. The quantitative estimate of drug-likeness (QED) is 0.122. The molecule has 27 aromatic rings. The highest BCUT2D eigenvalue weighted by Crippen LogP contribution is 2.50. The Bertz CT molecular complexity index is 9740. The molecule has 0 spiro atoms. The van der Waals surface area contributed by atoms with Crippen molar-refractivity contribution in [3.05, 3.63) is 472 Å². The molecule has 0 N–H and O–H groups in total. The van der Waals surface area contributed by atoms with Crippen molar-refractivity contribution in [1.82, 2.24) is 0 Å². The molecule has 0 amide bonds. The van der Waals surface area contributed by atoms with Crippen molar-refractivity contribution in [2.45, 2.75) is 0 Å². The van der Waals surface area contributed by atoms with E-state index in [1.807, 2.05) is 141 Å². The number of fused-ring (bicyclic) bond motifs is 18. The molecule has 21 aromatic carbocycles. The third kappa shape index (κ3) is 15.2. The smallest absolute Gasteiger partial charge is 0.100 e. The number of thiophene rings is 6. The summed E-state index contributed by atoms with van der Waals surface area (Å²) in [5, 5.41) is 46.0. The van der Waals surface area contributed by atoms with Gasteiger partial charge in [0.1, 0.15) is 6.07 Å². The van der Waals surface area contributed by atoms with E-state index >= 15 is 0 Å². The van der Waals surface area contributed by atoms with E-state index in [0.717, 1.165) is 83.5 Å². The van der Waals surface area contributed by atoms with Crippen LogP contribution in [0, 0.1) is 34.0 Å². The Morgan fingerprint density at radius 2 is 0.391 bits per heavy atom. The minimum atomic E-state index is 0.654. The van der Waals surface area contributed by atoms with Gasteiger partial charge in [-0.15, -0.1) is 68.0 Å². The summed E-state index contributed by atoms with van der Waals surface area (Å²) in [6, 6.07) is 170. The lowest BCUT2D eigenvalue weighted by atomic mass is 9.88. The van der Waals surface area contributed by atoms with Crippen molar-refractivity contribution in [3.8, 4) is 152 Å². The summed E-state index contributed by atoms with van der Waals surface area (Å²) in [4.78, 5) is 0. The second-order valence-electron chi connectivity index (χ2n) is 34.9. The number of nitriles is 3. The van der Waals surface area contributed by atoms with Crippen LogP contribution in [0.4, 0.5) is 0 Å². The Kier molecular flexibility index (Phi) is 21.3. The zero-order valence-corrected chi connectivity index (χ0v) is 79.0. The van der Waals surface area contributed by atoms with Crippen molar-refractivity contribution >= 4 is 189 Å². The van der Waals surface area contributed by atoms with E-state index in [4.69, 9.17) is 0 Å². The van der Waals surface area contributed by atoms with Crippen LogP contribution in [0.3, 0.4) is 0 Å². The molecule has 6 heterocycles. The highest BCUT2D eigenvalue weighted by atomic mass is 32.1. The highest BCUT2D eigenvalue weighted by Gasteiger charge is 2.23. The predicted molar refractivity (Wildman–Crippen MR) is 596 cm³/mol. The van der Waals surface area contributed by atoms with E-state index in [-0.39, 0.29) is 0 Å². The fourth-order valence-electron chi connectivity index (χ4n) is 20.2. The molecule has 3 nitrogen and oxygen atoms in total. The lowest BCUT2D eigenvalue weighted by Crippen LogP contribution is -1.92. The van der Waals surface area contributed by atoms with Gasteiger partial charge in [-0.1, -0.05) is 297 Å². The van der Waals surface area contributed by atoms with Gasteiger partial charge in [-0.25, -0.2) is 0 Å². The van der Waals surface area contributed by atoms with Gasteiger partial charge in [0.15, 0.2) is 0 Å². The molecule has 0 atom stereocenters. The molecule has 0 aliphatic carbocycles. The minimum Gasteiger partial charge on any atom is -0.192 e. The van der Waals surface area contributed by atoms with Gasteiger partial charge in [0.05, 0.1) is 28.8 Å². The number of hydrogen-bond donors (Lipinski definition) is 0. The van der Waals surface area contributed by atoms with Crippen LogP contribution in [-0.2, 0) is 0 Å². The Morgan fingerprint density at radius 3 is 0.804 bits per heavy atom. The molecule has 0 radical (unpaired) electrons. The summed E-state index contributed by atoms with van der Waals surface area (Å²) >= 11 is 11.1. The molecule has 0 saturated carbocycles. The summed E-state index contributed by atoms with van der Waals surface area (Å²) in [6.07, 6.45) is 0. The Balaban J connectivity index is 0.000000110. The average Bonchev–Trinajstić information content (AvgIpc) is 1.54. The molecule has 0 aliphatic heterocycles. The van der Waals surface area contributed by atoms with Gasteiger partial charge in [0, 0.05) is 132 Å². The Labute approximate surface area is 821 Å². The predicted octanol–water partition coefficient (Wildman–Crippen LogP) is 38.9. The van der Waals surface area contributed by atoms with Crippen LogP contribution in [0.2, 0.25) is 0 Å². The normalized spacial score (nSPS) is 11.5. The Morgan fingerprint density at radius 1 is 0.138 bits per heavy atom. The van der Waals surface area contributed by atoms with Crippen LogP contribution >= 0.6 is 68.0 Å². The van der Waals surface area contributed by atoms with Crippen molar-refractivity contribution in [3.63, 3.8) is 0 Å². The van der Waals surface area contributed by atoms with E-state index in [1.54, 1.807) is 0 Å². The number of nitrogens with zero attached hydrogens (tertiary/aromatic N) is 3. The molecule has 6 aromatic heterocycles. The van der Waals surface area contributed by atoms with E-state index in [0.29, 0.717) is 16.7 Å². The van der Waals surface area contributed by atoms with E-state index < -0.39 is 0 Å². The van der Waals surface area contributed by atoms with Crippen LogP contribution in [0.5, 0.6) is 0 Å². The second kappa shape index (κ2) is 35.3. The highest BCUT2D eigenvalue weighted by molar-refractivity contribution is 7.28. The molecule has 138 heavy (non-hydrogen) atoms. The first-order valence-corrected chi connectivity index (χ1v) is 50.8. The molecule has 0 fully saturated rings. The van der Waals surface area contributed by atoms with Gasteiger partial charge >= 0.3 is 0 Å². The first-order valence-electron chi connectivity index (χ1n) is 45.9. The number of rotatable bonds is 12. The van der Waals surface area contributed by atoms with E-state index in [2.05, 4.69) is 400 Å². The SMILES string of the molecule is N#Cc1c(-c2ccccc2)cccc1-c1cc(-c2ccc3c(c2)sc2ccccc23)cc(-c2cccc3sc4ccccc4c23)c1.N#Cc1cc(-c2ccccc2)cc(-c2cc(-c3ccc4c(c3)sc3ccccc34)cc(-c3cccc4sc5ccccc5c34)c2)c1.N#Cc1ccccc1-c1cccc(-c2cc(-c3ccc4c(c3)sc3ccccc34)cc(-c3cccc4sc5ccccc5c34)c2)c1. The van der Waals surface area contributed by atoms with Crippen LogP contribution < -0.4 is 0 Å². The lowest BCUT2D eigenvalue weighted by molar-refractivity contribution is 1.47. The zero-order chi connectivity index (χ0) is 91.8. The van der Waals surface area contributed by atoms with Gasteiger partial charge in [-0.3, -0.25) is 0 Å². The second-order valence-corrected chi connectivity index (χ2v) is 41.4. The lowest BCUT2D eigenvalue weighted by Gasteiger charge is -2.15. The standard InChI is InChI=1S/3C43H25NS2/c44-26-30-9-1-2-12-34(30)29-11-7-10-27(21-29)31-22-32(28-19-20-37-36-13-3-5-16-39(36)46-42(37)25-28)24-33(23-31)35-15-8-18-41-43(35)38-14-4-6-17-40(38)45-41;44-26-38-32(27-10-2-1-3-11-27)14-8-15-33(38)30-22-29(28-20-21-36-35-12-4-6-17-39(35)46-42(36)25-28)23-31(24-30)34-16-9-19-41-43(34)37-13-5-7-18-40(37)45-41;44-26-27-19-30(28-9-2-1-3-10-28)21-31(20-27)33-22-32(29-17-18-37-36-11-4-6-14-39(36)46-42(37)25-29)23-34(24-33)35-13-8-16-41-43(35)38-12-5-7-15-40(38)45-41/h3*1-25H. The average molecular weight is 1860 g/mol. The van der Waals surface area contributed by atoms with Crippen LogP contribution in [0.1, 0.15) is 16.7 Å². The fourth-order valence-corrected chi connectivity index (χ4v) is 27.1. The molecule has 0 bridgehead atoms. The van der Waals surface area contributed by atoms with Crippen LogP contribution in [0.15, 0.2) is 455 Å². The van der Waals surface area contributed by atoms with Gasteiger partial charge in [-0.05, 0) is 280 Å². The number of hydrogen-bond acceptors (Lipinski definition) is 9. The third-order valence-corrected chi connectivity index (χ3v) is 33.5. The third-order valence-electron chi connectivity index (χ3n) is 26.7. The summed E-state index contributed by atoms with van der Waals surface area (Å²) < 4.78 is 15.5. The summed E-state index contributed by atoms with van der Waals surface area (Å²) in [6.45, 7) is 0. The molecule has 0 aliphatic rings. The van der Waals surface area contributed by atoms with Crippen molar-refractivity contribution in [2.75, 3.05) is 0 Å². The van der Waals surface area contributed by atoms with Gasteiger partial charge in [-0.2, -0.15) is 15.8 Å². The number of benzene rings is 21. The van der Waals surface area contributed by atoms with Crippen LogP contribution in [-0.4, -0.2) is 0 Å². The molecular formula is C129H75N3S6. The van der Waals surface area contributed by atoms with E-state index in [1.165, 1.54) is 171 Å². The summed E-state index contributed by atoms with van der Waals surface area (Å²) in [5.74, 6) is 0. The monoisotopic (exact) mass is 1860 g/mol. The van der Waals surface area contributed by atoms with Gasteiger partial charge in [0.2, 0.25) is 0 Å². The molecule has 0 saturated heterocycles. The maximum Gasteiger partial charge on any atom is 0.100 e. The van der Waals surface area contributed by atoms with Crippen molar-refractivity contribution in [2.24, 2.45) is 0 Å². The first kappa shape index (κ1) is 83.3.